The normalized spacial score (nSPS) is 20.6. The molecule has 0 atom stereocenters. The molecular weight excluding hydrogens is 293 g/mol. The molecule has 0 radical (unpaired) electrons. The van der Waals surface area contributed by atoms with Crippen LogP contribution in [-0.4, -0.2) is 6.67 Å². The minimum atomic E-state index is 0.402. The van der Waals surface area contributed by atoms with Crippen molar-refractivity contribution >= 4 is 28.3 Å². The fourth-order valence-electron chi connectivity index (χ4n) is 1.17. The Bertz CT molecular complexity index is 378. The molecular formula is C9H10IN3O. The van der Waals surface area contributed by atoms with Crippen molar-refractivity contribution in [2.75, 3.05) is 12.0 Å². The van der Waals surface area contributed by atoms with Gasteiger partial charge in [0, 0.05) is 0 Å². The molecule has 0 fully saturated rings. The smallest absolute Gasteiger partial charge is 0.220 e. The lowest BCUT2D eigenvalue weighted by Crippen LogP contribution is -2.26. The first kappa shape index (κ1) is 9.45. The van der Waals surface area contributed by atoms with Gasteiger partial charge >= 0.3 is 0 Å². The van der Waals surface area contributed by atoms with Crippen LogP contribution in [0.1, 0.15) is 0 Å². The maximum Gasteiger partial charge on any atom is 0.220 e. The van der Waals surface area contributed by atoms with Gasteiger partial charge in [0.1, 0.15) is 3.70 Å². The Balaban J connectivity index is 2.37. The zero-order valence-electron chi connectivity index (χ0n) is 7.38. The van der Waals surface area contributed by atoms with Crippen molar-refractivity contribution in [3.63, 3.8) is 0 Å². The quantitative estimate of drug-likeness (QED) is 0.503. The van der Waals surface area contributed by atoms with E-state index in [4.69, 9.17) is 10.5 Å². The third-order valence-corrected chi connectivity index (χ3v) is 2.76. The van der Waals surface area contributed by atoms with Gasteiger partial charge in [-0.15, -0.1) is 0 Å². The standard InChI is InChI=1S/C9H10IN3O/c10-8-9(11)14-7-4-2-1-3-6(7)12-5-13-8/h1-4,12-13H,5,11H2/b9-8-. The molecule has 4 N–H and O–H groups in total. The van der Waals surface area contributed by atoms with Crippen LogP contribution < -0.4 is 21.1 Å². The second-order valence-electron chi connectivity index (χ2n) is 2.81. The second-order valence-corrected chi connectivity index (χ2v) is 3.89. The topological polar surface area (TPSA) is 59.3 Å². The van der Waals surface area contributed by atoms with Crippen LogP contribution in [0.5, 0.6) is 5.75 Å². The number of fused-ring (bicyclic) bond motifs is 1. The zero-order chi connectivity index (χ0) is 9.97. The molecule has 0 aliphatic carbocycles. The summed E-state index contributed by atoms with van der Waals surface area (Å²) in [5.41, 5.74) is 6.66. The van der Waals surface area contributed by atoms with Gasteiger partial charge in [0.15, 0.2) is 5.75 Å². The maximum atomic E-state index is 5.72. The van der Waals surface area contributed by atoms with Crippen LogP contribution >= 0.6 is 22.6 Å². The number of para-hydroxylation sites is 2. The first-order valence-electron chi connectivity index (χ1n) is 4.17. The summed E-state index contributed by atoms with van der Waals surface area (Å²) in [5.74, 6) is 1.15. The van der Waals surface area contributed by atoms with E-state index in [-0.39, 0.29) is 0 Å². The van der Waals surface area contributed by atoms with Crippen molar-refractivity contribution in [2.24, 2.45) is 5.73 Å². The highest BCUT2D eigenvalue weighted by molar-refractivity contribution is 14.1. The monoisotopic (exact) mass is 303 g/mol. The van der Waals surface area contributed by atoms with Gasteiger partial charge in [0.2, 0.25) is 5.88 Å². The van der Waals surface area contributed by atoms with E-state index in [1.54, 1.807) is 0 Å². The number of anilines is 1. The highest BCUT2D eigenvalue weighted by Crippen LogP contribution is 2.26. The highest BCUT2D eigenvalue weighted by Gasteiger charge is 2.09. The van der Waals surface area contributed by atoms with Gasteiger partial charge in [0.05, 0.1) is 12.4 Å². The van der Waals surface area contributed by atoms with Crippen molar-refractivity contribution in [1.82, 2.24) is 5.32 Å². The zero-order valence-corrected chi connectivity index (χ0v) is 9.54. The van der Waals surface area contributed by atoms with Crippen molar-refractivity contribution in [3.05, 3.63) is 33.9 Å². The van der Waals surface area contributed by atoms with Crippen LogP contribution in [0.15, 0.2) is 33.9 Å². The summed E-state index contributed by atoms with van der Waals surface area (Å²) in [6.07, 6.45) is 0. The van der Waals surface area contributed by atoms with Crippen LogP contribution in [0, 0.1) is 0 Å². The molecule has 1 heterocycles. The summed E-state index contributed by atoms with van der Waals surface area (Å²) in [5, 5.41) is 6.27. The minimum absolute atomic E-state index is 0.402. The second kappa shape index (κ2) is 3.95. The molecule has 1 aliphatic heterocycles. The minimum Gasteiger partial charge on any atom is -0.437 e. The summed E-state index contributed by atoms with van der Waals surface area (Å²) in [7, 11) is 0. The molecule has 0 unspecified atom stereocenters. The average molecular weight is 303 g/mol. The summed E-state index contributed by atoms with van der Waals surface area (Å²) >= 11 is 2.10. The van der Waals surface area contributed by atoms with Crippen LogP contribution in [-0.2, 0) is 0 Å². The van der Waals surface area contributed by atoms with Crippen molar-refractivity contribution in [1.29, 1.82) is 0 Å². The predicted octanol–water partition coefficient (Wildman–Crippen LogP) is 1.56. The van der Waals surface area contributed by atoms with E-state index >= 15 is 0 Å². The Labute approximate surface area is 95.6 Å². The fourth-order valence-corrected chi connectivity index (χ4v) is 1.47. The van der Waals surface area contributed by atoms with Gasteiger partial charge < -0.3 is 21.1 Å². The Morgan fingerprint density at radius 3 is 2.93 bits per heavy atom. The molecule has 2 rings (SSSR count). The maximum absolute atomic E-state index is 5.72. The summed E-state index contributed by atoms with van der Waals surface area (Å²) < 4.78 is 6.28. The Hall–Kier alpha value is -1.11. The molecule has 0 saturated carbocycles. The van der Waals surface area contributed by atoms with Gasteiger partial charge in [-0.1, -0.05) is 12.1 Å². The van der Waals surface area contributed by atoms with Crippen molar-refractivity contribution < 1.29 is 4.74 Å². The Morgan fingerprint density at radius 2 is 2.07 bits per heavy atom. The van der Waals surface area contributed by atoms with Gasteiger partial charge in [-0.2, -0.15) is 0 Å². The summed E-state index contributed by atoms with van der Waals surface area (Å²) in [4.78, 5) is 0. The third-order valence-electron chi connectivity index (χ3n) is 1.85. The SMILES string of the molecule is N/C1=C(\I)NCNc2ccccc2O1. The largest absolute Gasteiger partial charge is 0.437 e. The van der Waals surface area contributed by atoms with E-state index in [0.29, 0.717) is 12.6 Å². The molecule has 1 aromatic carbocycles. The Kier molecular flexibility index (Phi) is 2.67. The molecule has 0 aromatic heterocycles. The van der Waals surface area contributed by atoms with Crippen molar-refractivity contribution in [3.8, 4) is 5.75 Å². The van der Waals surface area contributed by atoms with E-state index < -0.39 is 0 Å². The molecule has 4 nitrogen and oxygen atoms in total. The molecule has 1 aliphatic rings. The van der Waals surface area contributed by atoms with E-state index in [1.165, 1.54) is 0 Å². The number of hydrogen-bond acceptors (Lipinski definition) is 4. The lowest BCUT2D eigenvalue weighted by Gasteiger charge is -2.18. The predicted molar refractivity (Wildman–Crippen MR) is 63.9 cm³/mol. The Morgan fingerprint density at radius 1 is 1.29 bits per heavy atom. The average Bonchev–Trinajstić information content (AvgIpc) is 2.18. The van der Waals surface area contributed by atoms with Crippen LogP contribution in [0.4, 0.5) is 5.69 Å². The van der Waals surface area contributed by atoms with E-state index in [9.17, 15) is 0 Å². The summed E-state index contributed by atoms with van der Waals surface area (Å²) in [6, 6.07) is 7.68. The third kappa shape index (κ3) is 1.87. The number of halogens is 1. The number of ether oxygens (including phenoxy) is 1. The molecule has 1 aromatic rings. The van der Waals surface area contributed by atoms with E-state index in [2.05, 4.69) is 33.2 Å². The number of hydrogen-bond donors (Lipinski definition) is 3. The molecule has 5 heteroatoms. The van der Waals surface area contributed by atoms with E-state index in [1.807, 2.05) is 24.3 Å². The number of benzene rings is 1. The fraction of sp³-hybridized carbons (Fsp3) is 0.111. The number of nitrogens with two attached hydrogens (primary N) is 1. The van der Waals surface area contributed by atoms with E-state index in [0.717, 1.165) is 15.1 Å². The molecule has 0 saturated heterocycles. The van der Waals surface area contributed by atoms with Crippen molar-refractivity contribution in [2.45, 2.75) is 0 Å². The first-order valence-corrected chi connectivity index (χ1v) is 5.25. The lowest BCUT2D eigenvalue weighted by atomic mass is 10.3. The van der Waals surface area contributed by atoms with Crippen LogP contribution in [0.3, 0.4) is 0 Å². The molecule has 0 amide bonds. The van der Waals surface area contributed by atoms with Gasteiger partial charge in [-0.3, -0.25) is 0 Å². The van der Waals surface area contributed by atoms with Crippen LogP contribution in [0.2, 0.25) is 0 Å². The lowest BCUT2D eigenvalue weighted by molar-refractivity contribution is 0.413. The molecule has 74 valence electrons. The highest BCUT2D eigenvalue weighted by atomic mass is 127. The molecule has 0 spiro atoms. The van der Waals surface area contributed by atoms with Gasteiger partial charge in [-0.05, 0) is 34.7 Å². The number of nitrogens with one attached hydrogen (secondary N) is 2. The molecule has 0 bridgehead atoms. The number of rotatable bonds is 0. The van der Waals surface area contributed by atoms with Gasteiger partial charge in [-0.25, -0.2) is 0 Å². The molecule has 14 heavy (non-hydrogen) atoms. The summed E-state index contributed by atoms with van der Waals surface area (Å²) in [6.45, 7) is 0.638. The van der Waals surface area contributed by atoms with Gasteiger partial charge in [0.25, 0.3) is 0 Å². The first-order chi connectivity index (χ1) is 6.77. The van der Waals surface area contributed by atoms with Crippen LogP contribution in [0.25, 0.3) is 0 Å².